The van der Waals surface area contributed by atoms with Crippen LogP contribution in [0, 0.1) is 6.92 Å². The first-order chi connectivity index (χ1) is 23.2. The lowest BCUT2D eigenvalue weighted by Gasteiger charge is -2.35. The lowest BCUT2D eigenvalue weighted by molar-refractivity contribution is 0.657. The maximum atomic E-state index is 6.38. The van der Waals surface area contributed by atoms with E-state index in [9.17, 15) is 0 Å². The first-order valence-corrected chi connectivity index (χ1v) is 16.9. The molecule has 0 saturated carbocycles. The molecule has 0 aliphatic heterocycles. The van der Waals surface area contributed by atoms with Crippen LogP contribution < -0.4 is 10.6 Å². The van der Waals surface area contributed by atoms with Crippen molar-refractivity contribution in [2.75, 3.05) is 17.2 Å². The van der Waals surface area contributed by atoms with Crippen molar-refractivity contribution in [1.29, 1.82) is 0 Å². The number of para-hydroxylation sites is 2. The number of aryl methyl sites for hydroxylation is 1. The normalized spacial score (nSPS) is 14.1. The topological polar surface area (TPSA) is 29.3 Å². The molecular formula is C46H44N2. The van der Waals surface area contributed by atoms with Crippen molar-refractivity contribution in [2.45, 2.75) is 45.1 Å². The Morgan fingerprint density at radius 3 is 2.08 bits per heavy atom. The molecule has 0 aromatic heterocycles. The Morgan fingerprint density at radius 2 is 1.33 bits per heavy atom. The number of nitrogens with two attached hydrogens (primary N) is 1. The third-order valence-corrected chi connectivity index (χ3v) is 10.6. The van der Waals surface area contributed by atoms with Crippen LogP contribution in [-0.4, -0.2) is 6.54 Å². The Balaban J connectivity index is 1.34. The zero-order valence-electron chi connectivity index (χ0n) is 28.5. The lowest BCUT2D eigenvalue weighted by Crippen LogP contribution is -2.26. The maximum absolute atomic E-state index is 6.38. The molecule has 0 spiro atoms. The summed E-state index contributed by atoms with van der Waals surface area (Å²) < 4.78 is 0. The summed E-state index contributed by atoms with van der Waals surface area (Å²) in [4.78, 5) is 2.28. The van der Waals surface area contributed by atoms with Crippen molar-refractivity contribution >= 4 is 11.4 Å². The first-order valence-electron chi connectivity index (χ1n) is 16.9. The Labute approximate surface area is 286 Å². The van der Waals surface area contributed by atoms with Crippen LogP contribution in [0.3, 0.4) is 0 Å². The minimum Gasteiger partial charge on any atom is -0.397 e. The number of nitrogen functional groups attached to an aromatic ring is 1. The fraction of sp³-hybridized carbons (Fsp3) is 0.174. The highest BCUT2D eigenvalue weighted by Gasteiger charge is 2.39. The number of hydrogen-bond donors (Lipinski definition) is 1. The zero-order valence-corrected chi connectivity index (χ0v) is 28.5. The van der Waals surface area contributed by atoms with E-state index < -0.39 is 5.41 Å². The molecule has 6 aromatic carbocycles. The number of rotatable bonds is 9. The molecule has 0 saturated heterocycles. The van der Waals surface area contributed by atoms with E-state index in [1.165, 1.54) is 61.2 Å². The van der Waals surface area contributed by atoms with Crippen LogP contribution in [0.4, 0.5) is 11.4 Å². The second-order valence-electron chi connectivity index (χ2n) is 13.8. The molecule has 0 amide bonds. The molecule has 1 aliphatic rings. The summed E-state index contributed by atoms with van der Waals surface area (Å²) in [6.07, 6.45) is 1.94. The number of hydrogen-bond acceptors (Lipinski definition) is 2. The van der Waals surface area contributed by atoms with Gasteiger partial charge in [0.05, 0.1) is 11.4 Å². The van der Waals surface area contributed by atoms with Gasteiger partial charge in [0, 0.05) is 23.9 Å². The van der Waals surface area contributed by atoms with E-state index in [2.05, 4.69) is 161 Å². The van der Waals surface area contributed by atoms with Crippen LogP contribution in [0.5, 0.6) is 0 Å². The molecule has 0 bridgehead atoms. The predicted octanol–water partition coefficient (Wildman–Crippen LogP) is 11.1. The van der Waals surface area contributed by atoms with Crippen molar-refractivity contribution in [1.82, 2.24) is 0 Å². The largest absolute Gasteiger partial charge is 0.397 e. The highest BCUT2D eigenvalue weighted by Crippen LogP contribution is 2.51. The first kappa shape index (κ1) is 31.3. The monoisotopic (exact) mass is 624 g/mol. The maximum Gasteiger partial charge on any atom is 0.0605 e. The molecule has 238 valence electrons. The number of benzene rings is 6. The van der Waals surface area contributed by atoms with Gasteiger partial charge in [0.2, 0.25) is 0 Å². The summed E-state index contributed by atoms with van der Waals surface area (Å²) in [5.74, 6) is 0. The van der Waals surface area contributed by atoms with Crippen LogP contribution in [0.2, 0.25) is 0 Å². The molecular weight excluding hydrogens is 581 g/mol. The molecule has 0 heterocycles. The van der Waals surface area contributed by atoms with Gasteiger partial charge in [-0.2, -0.15) is 0 Å². The van der Waals surface area contributed by atoms with Crippen LogP contribution in [0.1, 0.15) is 59.7 Å². The van der Waals surface area contributed by atoms with Crippen molar-refractivity contribution in [3.05, 3.63) is 191 Å². The fourth-order valence-electron chi connectivity index (χ4n) is 7.96. The van der Waals surface area contributed by atoms with Gasteiger partial charge in [0.25, 0.3) is 0 Å². The van der Waals surface area contributed by atoms with Crippen molar-refractivity contribution < 1.29 is 0 Å². The standard InChI is InChI=1S/C46H44N2/c1-6-28-48(44-23-15-14-22-43(44)47)31-33-24-26-36(32(2)29-33)37-18-11-13-21-42(37)46(5,34-16-8-7-9-17-34)35-25-27-41-39(30-35)38-19-10-12-20-40(38)45(41,3)4/h6-27,29-30H,1,28,31,47H2,2-5H3. The number of fused-ring (bicyclic) bond motifs is 3. The SMILES string of the molecule is C=CCN(Cc1ccc(-c2ccccc2C(C)(c2ccccc2)c2ccc3c(c2)-c2ccccc2C3(C)C)c(C)c1)c1ccccc1N. The molecule has 7 rings (SSSR count). The van der Waals surface area contributed by atoms with Crippen LogP contribution in [-0.2, 0) is 17.4 Å². The summed E-state index contributed by atoms with van der Waals surface area (Å²) in [6, 6.07) is 51.0. The summed E-state index contributed by atoms with van der Waals surface area (Å²) in [7, 11) is 0. The van der Waals surface area contributed by atoms with E-state index in [0.29, 0.717) is 0 Å². The van der Waals surface area contributed by atoms with Crippen molar-refractivity contribution in [2.24, 2.45) is 0 Å². The third kappa shape index (κ3) is 5.22. The number of anilines is 2. The van der Waals surface area contributed by atoms with Gasteiger partial charge in [-0.25, -0.2) is 0 Å². The minimum atomic E-state index is -0.398. The average molecular weight is 625 g/mol. The molecule has 2 N–H and O–H groups in total. The molecule has 0 radical (unpaired) electrons. The van der Waals surface area contributed by atoms with Gasteiger partial charge in [-0.1, -0.05) is 141 Å². The molecule has 2 heteroatoms. The van der Waals surface area contributed by atoms with Crippen LogP contribution >= 0.6 is 0 Å². The average Bonchev–Trinajstić information content (AvgIpc) is 3.34. The van der Waals surface area contributed by atoms with Crippen LogP contribution in [0.25, 0.3) is 22.3 Å². The zero-order chi connectivity index (χ0) is 33.5. The highest BCUT2D eigenvalue weighted by atomic mass is 15.1. The molecule has 1 atom stereocenters. The highest BCUT2D eigenvalue weighted by molar-refractivity contribution is 5.82. The third-order valence-electron chi connectivity index (χ3n) is 10.6. The predicted molar refractivity (Wildman–Crippen MR) is 205 cm³/mol. The van der Waals surface area contributed by atoms with Gasteiger partial charge in [-0.15, -0.1) is 6.58 Å². The summed E-state index contributed by atoms with van der Waals surface area (Å²) in [5, 5.41) is 0. The molecule has 1 unspecified atom stereocenters. The lowest BCUT2D eigenvalue weighted by atomic mass is 9.68. The summed E-state index contributed by atoms with van der Waals surface area (Å²) in [5.41, 5.74) is 22.1. The van der Waals surface area contributed by atoms with Crippen molar-refractivity contribution in [3.63, 3.8) is 0 Å². The molecule has 6 aromatic rings. The van der Waals surface area contributed by atoms with Crippen LogP contribution in [0.15, 0.2) is 152 Å². The summed E-state index contributed by atoms with van der Waals surface area (Å²) in [6.45, 7) is 14.8. The molecule has 0 fully saturated rings. The van der Waals surface area contributed by atoms with E-state index >= 15 is 0 Å². The Morgan fingerprint density at radius 1 is 0.667 bits per heavy atom. The van der Waals surface area contributed by atoms with Crippen molar-refractivity contribution in [3.8, 4) is 22.3 Å². The second kappa shape index (κ2) is 12.4. The Hall–Kier alpha value is -5.34. The smallest absolute Gasteiger partial charge is 0.0605 e. The Kier molecular flexibility index (Phi) is 8.05. The number of nitrogens with zero attached hydrogens (tertiary/aromatic N) is 1. The van der Waals surface area contributed by atoms with Gasteiger partial charge in [0.15, 0.2) is 0 Å². The van der Waals surface area contributed by atoms with Gasteiger partial charge >= 0.3 is 0 Å². The second-order valence-corrected chi connectivity index (χ2v) is 13.8. The van der Waals surface area contributed by atoms with E-state index in [1.54, 1.807) is 0 Å². The van der Waals surface area contributed by atoms with E-state index in [1.807, 2.05) is 24.3 Å². The molecule has 2 nitrogen and oxygen atoms in total. The van der Waals surface area contributed by atoms with Gasteiger partial charge < -0.3 is 10.6 Å². The summed E-state index contributed by atoms with van der Waals surface area (Å²) >= 11 is 0. The van der Waals surface area contributed by atoms with E-state index in [4.69, 9.17) is 5.73 Å². The quantitative estimate of drug-likeness (QED) is 0.0985. The Bertz CT molecular complexity index is 2120. The van der Waals surface area contributed by atoms with E-state index in [0.717, 1.165) is 24.5 Å². The van der Waals surface area contributed by atoms with Gasteiger partial charge in [0.1, 0.15) is 0 Å². The van der Waals surface area contributed by atoms with Gasteiger partial charge in [-0.3, -0.25) is 0 Å². The van der Waals surface area contributed by atoms with Gasteiger partial charge in [-0.05, 0) is 93.2 Å². The fourth-order valence-corrected chi connectivity index (χ4v) is 7.96. The molecule has 48 heavy (non-hydrogen) atoms. The minimum absolute atomic E-state index is 0.0299. The molecule has 1 aliphatic carbocycles. The van der Waals surface area contributed by atoms with E-state index in [-0.39, 0.29) is 5.41 Å².